The molecule has 208 valence electrons. The fourth-order valence-electron chi connectivity index (χ4n) is 7.78. The van der Waals surface area contributed by atoms with Crippen LogP contribution in [0.3, 0.4) is 0 Å². The van der Waals surface area contributed by atoms with Crippen LogP contribution < -0.4 is 5.32 Å². The molecule has 2 fully saturated rings. The number of aromatic nitrogens is 2. The van der Waals surface area contributed by atoms with Gasteiger partial charge in [0.25, 0.3) is 0 Å². The molecular formula is C31H25Cl2FN4O3. The molecule has 7 nitrogen and oxygen atoms in total. The highest BCUT2D eigenvalue weighted by atomic mass is 35.5. The largest absolute Gasteiger partial charge is 0.478 e. The summed E-state index contributed by atoms with van der Waals surface area (Å²) >= 11 is 12.7. The Morgan fingerprint density at radius 3 is 2.76 bits per heavy atom. The van der Waals surface area contributed by atoms with Crippen molar-refractivity contribution in [2.45, 2.75) is 49.7 Å². The normalized spacial score (nSPS) is 26.4. The lowest BCUT2D eigenvalue weighted by molar-refractivity contribution is -0.128. The van der Waals surface area contributed by atoms with Crippen molar-refractivity contribution in [3.05, 3.63) is 92.3 Å². The molecule has 41 heavy (non-hydrogen) atoms. The van der Waals surface area contributed by atoms with Gasteiger partial charge in [0.05, 0.1) is 22.1 Å². The summed E-state index contributed by atoms with van der Waals surface area (Å²) in [7, 11) is 0. The Balaban J connectivity index is 1.43. The number of halogens is 3. The predicted molar refractivity (Wildman–Crippen MR) is 153 cm³/mol. The summed E-state index contributed by atoms with van der Waals surface area (Å²) in [6.45, 7) is 2.46. The second kappa shape index (κ2) is 8.53. The van der Waals surface area contributed by atoms with Crippen LogP contribution in [0.15, 0.2) is 48.5 Å². The third kappa shape index (κ3) is 3.27. The van der Waals surface area contributed by atoms with Gasteiger partial charge in [0.1, 0.15) is 11.4 Å². The minimum atomic E-state index is -1.21. The van der Waals surface area contributed by atoms with Crippen molar-refractivity contribution in [3.8, 4) is 0 Å². The number of rotatable bonds is 4. The van der Waals surface area contributed by atoms with Gasteiger partial charge < -0.3 is 10.4 Å². The van der Waals surface area contributed by atoms with E-state index in [-0.39, 0.29) is 22.5 Å². The van der Waals surface area contributed by atoms with Crippen LogP contribution in [0.1, 0.15) is 57.5 Å². The zero-order valence-electron chi connectivity index (χ0n) is 22.0. The van der Waals surface area contributed by atoms with Gasteiger partial charge in [-0.2, -0.15) is 5.10 Å². The Morgan fingerprint density at radius 1 is 1.20 bits per heavy atom. The van der Waals surface area contributed by atoms with Gasteiger partial charge in [-0.25, -0.2) is 9.18 Å². The summed E-state index contributed by atoms with van der Waals surface area (Å²) in [6, 6.07) is 13.3. The first-order valence-electron chi connectivity index (χ1n) is 13.8. The molecule has 4 aromatic rings. The van der Waals surface area contributed by atoms with E-state index in [1.54, 1.807) is 37.3 Å². The van der Waals surface area contributed by atoms with Gasteiger partial charge in [-0.1, -0.05) is 47.5 Å². The zero-order chi connectivity index (χ0) is 28.4. The van der Waals surface area contributed by atoms with Gasteiger partial charge >= 0.3 is 5.97 Å². The molecule has 4 atom stereocenters. The minimum absolute atomic E-state index is 0.00429. The molecule has 4 heterocycles. The molecule has 1 aromatic heterocycles. The number of carbonyl (C=O) groups is 2. The second-order valence-corrected chi connectivity index (χ2v) is 12.6. The molecule has 3 aromatic carbocycles. The lowest BCUT2D eigenvalue weighted by Crippen LogP contribution is -2.53. The summed E-state index contributed by atoms with van der Waals surface area (Å²) in [4.78, 5) is 28.6. The topological polar surface area (TPSA) is 87.5 Å². The number of carboxylic acids is 1. The van der Waals surface area contributed by atoms with Crippen LogP contribution in [0.4, 0.5) is 10.1 Å². The SMILES string of the molecule is Cc1c(C(=O)O)ccc2c3n(nc12)C1[C@H](C3)N(CC2CC2)[C@@]2(C(=O)Nc3cc(Cl)ccc32)[C@H]1c1cccc(Cl)c1F. The van der Waals surface area contributed by atoms with Crippen LogP contribution in [0.5, 0.6) is 0 Å². The Morgan fingerprint density at radius 2 is 2.00 bits per heavy atom. The van der Waals surface area contributed by atoms with E-state index >= 15 is 4.39 Å². The number of nitrogens with zero attached hydrogens (tertiary/aromatic N) is 3. The van der Waals surface area contributed by atoms with Crippen LogP contribution >= 0.6 is 23.2 Å². The number of aromatic carboxylic acids is 1. The number of carboxylic acid groups (broad SMARTS) is 1. The maximum atomic E-state index is 16.1. The van der Waals surface area contributed by atoms with Crippen molar-refractivity contribution >= 4 is 51.7 Å². The third-order valence-corrected chi connectivity index (χ3v) is 10.2. The van der Waals surface area contributed by atoms with E-state index in [0.717, 1.165) is 29.5 Å². The van der Waals surface area contributed by atoms with E-state index in [4.69, 9.17) is 28.3 Å². The highest BCUT2D eigenvalue weighted by Crippen LogP contribution is 2.64. The third-order valence-electron chi connectivity index (χ3n) is 9.64. The van der Waals surface area contributed by atoms with Gasteiger partial charge in [-0.15, -0.1) is 0 Å². The van der Waals surface area contributed by atoms with Gasteiger partial charge in [0, 0.05) is 52.3 Å². The molecule has 0 radical (unpaired) electrons. The molecule has 1 saturated heterocycles. The maximum absolute atomic E-state index is 16.1. The van der Waals surface area contributed by atoms with E-state index in [1.165, 1.54) is 6.07 Å². The maximum Gasteiger partial charge on any atom is 0.336 e. The summed E-state index contributed by atoms with van der Waals surface area (Å²) in [6.07, 6.45) is 2.76. The molecule has 1 unspecified atom stereocenters. The molecule has 1 saturated carbocycles. The summed E-state index contributed by atoms with van der Waals surface area (Å²) in [5.41, 5.74) is 2.91. The number of hydrogen-bond donors (Lipinski definition) is 2. The average molecular weight is 591 g/mol. The standard InChI is InChI=1S/C31H25Cl2FN4O3/c1-14-17(29(39)40)8-9-18-23-12-24-28(38(23)36-27(14)18)25(19-3-2-4-21(33)26(19)34)31(37(24)13-15-5-6-15)20-10-7-16(32)11-22(20)35-30(31)41/h2-4,7-11,15,24-25,28H,5-6,12-13H2,1H3,(H,35,41)(H,39,40)/t24-,25-,28?,31+/m0/s1. The zero-order valence-corrected chi connectivity index (χ0v) is 23.5. The van der Waals surface area contributed by atoms with E-state index in [2.05, 4.69) is 10.2 Å². The number of carbonyl (C=O) groups excluding carboxylic acids is 1. The molecule has 1 amide bonds. The van der Waals surface area contributed by atoms with Crippen LogP contribution in [0.25, 0.3) is 10.9 Å². The van der Waals surface area contributed by atoms with E-state index in [9.17, 15) is 14.7 Å². The van der Waals surface area contributed by atoms with Crippen molar-refractivity contribution in [2.24, 2.45) is 5.92 Å². The van der Waals surface area contributed by atoms with Gasteiger partial charge in [0.2, 0.25) is 5.91 Å². The molecule has 1 spiro atoms. The van der Waals surface area contributed by atoms with Crippen LogP contribution in [-0.4, -0.2) is 44.3 Å². The molecule has 8 rings (SSSR count). The number of aryl methyl sites for hydroxylation is 1. The molecule has 3 aliphatic heterocycles. The smallest absolute Gasteiger partial charge is 0.336 e. The lowest BCUT2D eigenvalue weighted by atomic mass is 9.73. The van der Waals surface area contributed by atoms with Gasteiger partial charge in [-0.3, -0.25) is 14.4 Å². The van der Waals surface area contributed by atoms with E-state index in [0.29, 0.717) is 46.2 Å². The number of hydrogen-bond acceptors (Lipinski definition) is 4. The number of benzene rings is 3. The van der Waals surface area contributed by atoms with Crippen molar-refractivity contribution in [1.82, 2.24) is 14.7 Å². The number of anilines is 1. The predicted octanol–water partition coefficient (Wildman–Crippen LogP) is 6.31. The summed E-state index contributed by atoms with van der Waals surface area (Å²) in [5, 5.41) is 19.2. The highest BCUT2D eigenvalue weighted by molar-refractivity contribution is 6.31. The second-order valence-electron chi connectivity index (χ2n) is 11.7. The van der Waals surface area contributed by atoms with Crippen LogP contribution in [0, 0.1) is 18.7 Å². The van der Waals surface area contributed by atoms with Crippen molar-refractivity contribution < 1.29 is 19.1 Å². The molecule has 4 aliphatic rings. The van der Waals surface area contributed by atoms with Gasteiger partial charge in [0.15, 0.2) is 0 Å². The molecule has 10 heteroatoms. The molecule has 1 aliphatic carbocycles. The first-order chi connectivity index (χ1) is 19.7. The van der Waals surface area contributed by atoms with Crippen LogP contribution in [0.2, 0.25) is 10.0 Å². The highest BCUT2D eigenvalue weighted by Gasteiger charge is 2.69. The van der Waals surface area contributed by atoms with E-state index in [1.807, 2.05) is 16.8 Å². The van der Waals surface area contributed by atoms with E-state index < -0.39 is 29.3 Å². The number of likely N-dealkylation sites (tertiary alicyclic amines) is 1. The first-order valence-corrected chi connectivity index (χ1v) is 14.5. The Bertz CT molecular complexity index is 1840. The Labute approximate surface area is 244 Å². The fourth-order valence-corrected chi connectivity index (χ4v) is 8.13. The molecule has 0 bridgehead atoms. The average Bonchev–Trinajstić information content (AvgIpc) is 3.36. The Hall–Kier alpha value is -3.46. The van der Waals surface area contributed by atoms with Gasteiger partial charge in [-0.05, 0) is 61.1 Å². The quantitative estimate of drug-likeness (QED) is 0.291. The summed E-state index contributed by atoms with van der Waals surface area (Å²) in [5.74, 6) is -1.98. The number of nitrogens with one attached hydrogen (secondary N) is 1. The number of fused-ring (bicyclic) bond motifs is 7. The van der Waals surface area contributed by atoms with Crippen molar-refractivity contribution in [1.29, 1.82) is 0 Å². The molecule has 2 N–H and O–H groups in total. The lowest BCUT2D eigenvalue weighted by Gasteiger charge is -2.40. The number of amides is 1. The fraction of sp³-hybridized carbons (Fsp3) is 0.323. The first kappa shape index (κ1) is 25.3. The summed E-state index contributed by atoms with van der Waals surface area (Å²) < 4.78 is 18.0. The van der Waals surface area contributed by atoms with Crippen LogP contribution in [-0.2, 0) is 16.8 Å². The van der Waals surface area contributed by atoms with Crippen molar-refractivity contribution in [3.63, 3.8) is 0 Å². The molecular weight excluding hydrogens is 566 g/mol. The monoisotopic (exact) mass is 590 g/mol. The van der Waals surface area contributed by atoms with Crippen molar-refractivity contribution in [2.75, 3.05) is 11.9 Å². The minimum Gasteiger partial charge on any atom is -0.478 e. The Kier molecular flexibility index (Phi) is 5.26.